The van der Waals surface area contributed by atoms with Crippen LogP contribution in [0.25, 0.3) is 16.6 Å². The zero-order chi connectivity index (χ0) is 50.8. The first-order chi connectivity index (χ1) is 36.1. The molecule has 5 aliphatic rings. The van der Waals surface area contributed by atoms with E-state index in [2.05, 4.69) is 70.8 Å². The number of nitrogens with two attached hydrogens (primary N) is 1. The van der Waals surface area contributed by atoms with Crippen LogP contribution >= 0.6 is 0 Å². The summed E-state index contributed by atoms with van der Waals surface area (Å²) in [5.41, 5.74) is 17.1. The minimum atomic E-state index is -0.668. The highest BCUT2D eigenvalue weighted by molar-refractivity contribution is 5.88. The highest BCUT2D eigenvalue weighted by Gasteiger charge is 2.55. The standard InChI is InChI=1S/C63H73N3O8/c64-60-21-18-44-38-73-53(13-4-2-1-3-10-41-16-20-57(70)45(26-41)27-42-11-9-12-51(68)28-42)33-52(69)19-17-43-32-59(58(71)31-47(43)37-67)74-39-48-30-49(29-46-35-66(36-54(46)48)61(44)65-60)63-24-25-72-40-50(63)34-62(22-7-8-23-62)55-14-5-6-15-56(55)63/h5-6,9,11-12,14-16,18,20-21,26,28-32,35-36,50,52-53,60,65,67-71H,1-4,7-8,10,13,17,19,22-25,27,33-34,37-40,64H2/t50-,52+,53-,60?,63-/m0/s1. The Morgan fingerprint density at radius 3 is 2.49 bits per heavy atom. The Labute approximate surface area is 435 Å². The minimum absolute atomic E-state index is 0.0305. The van der Waals surface area contributed by atoms with Gasteiger partial charge in [0.1, 0.15) is 23.9 Å². The summed E-state index contributed by atoms with van der Waals surface area (Å²) in [4.78, 5) is 0. The monoisotopic (exact) mass is 1000 g/mol. The molecule has 11 rings (SSSR count). The fourth-order valence-electron chi connectivity index (χ4n) is 13.6. The highest BCUT2D eigenvalue weighted by atomic mass is 16.5. The molecule has 2 aliphatic carbocycles. The third kappa shape index (κ3) is 10.2. The molecular formula is C63H73N3O8. The molecule has 5 aromatic carbocycles. The van der Waals surface area contributed by atoms with Crippen LogP contribution in [0.5, 0.6) is 23.0 Å². The molecule has 2 fully saturated rings. The second kappa shape index (κ2) is 21.6. The van der Waals surface area contributed by atoms with E-state index < -0.39 is 12.3 Å². The number of ether oxygens (including phenoxy) is 3. The molecule has 1 aromatic heterocycles. The van der Waals surface area contributed by atoms with Crippen LogP contribution in [0, 0.1) is 5.92 Å². The van der Waals surface area contributed by atoms with E-state index in [1.54, 1.807) is 24.3 Å². The Hall–Kier alpha value is -6.08. The lowest BCUT2D eigenvalue weighted by Gasteiger charge is -2.54. The maximum absolute atomic E-state index is 11.7. The number of phenols is 3. The predicted molar refractivity (Wildman–Crippen MR) is 289 cm³/mol. The van der Waals surface area contributed by atoms with Crippen molar-refractivity contribution in [2.24, 2.45) is 11.7 Å². The molecule has 1 spiro atoms. The van der Waals surface area contributed by atoms with Crippen molar-refractivity contribution in [3.8, 4) is 23.0 Å². The Morgan fingerprint density at radius 2 is 1.64 bits per heavy atom. The Balaban J connectivity index is 0.886. The molecule has 1 unspecified atom stereocenters. The van der Waals surface area contributed by atoms with Crippen molar-refractivity contribution < 1.29 is 39.7 Å². The van der Waals surface area contributed by atoms with Gasteiger partial charge < -0.3 is 55.4 Å². The molecule has 0 radical (unpaired) electrons. The van der Waals surface area contributed by atoms with Crippen LogP contribution in [-0.4, -0.2) is 68.3 Å². The van der Waals surface area contributed by atoms with Gasteiger partial charge in [0.05, 0.1) is 38.2 Å². The number of benzene rings is 5. The third-order valence-corrected chi connectivity index (χ3v) is 17.3. The predicted octanol–water partition coefficient (Wildman–Crippen LogP) is 10.8. The second-order valence-electron chi connectivity index (χ2n) is 22.1. The van der Waals surface area contributed by atoms with Gasteiger partial charge in [-0.1, -0.05) is 92.8 Å². The number of aryl methyl sites for hydroxylation is 2. The topological polar surface area (TPSA) is 172 Å². The second-order valence-corrected chi connectivity index (χ2v) is 22.1. The number of aliphatic hydroxyl groups is 2. The number of unbranched alkanes of at least 4 members (excludes halogenated alkanes) is 3. The molecule has 8 N–H and O–H groups in total. The number of hydrogen-bond donors (Lipinski definition) is 7. The van der Waals surface area contributed by atoms with Gasteiger partial charge in [0.25, 0.3) is 0 Å². The summed E-state index contributed by atoms with van der Waals surface area (Å²) in [5, 5.41) is 59.8. The maximum Gasteiger partial charge on any atom is 0.161 e. The van der Waals surface area contributed by atoms with Crippen LogP contribution in [0.2, 0.25) is 0 Å². The molecule has 1 saturated heterocycles. The van der Waals surface area contributed by atoms with E-state index in [4.69, 9.17) is 19.9 Å². The van der Waals surface area contributed by atoms with Crippen LogP contribution < -0.4 is 15.8 Å². The van der Waals surface area contributed by atoms with Crippen LogP contribution in [0.15, 0.2) is 121 Å². The van der Waals surface area contributed by atoms with Gasteiger partial charge in [-0.2, -0.15) is 0 Å². The van der Waals surface area contributed by atoms with E-state index in [1.807, 2.05) is 30.3 Å². The van der Waals surface area contributed by atoms with Crippen LogP contribution in [0.4, 0.5) is 0 Å². The first-order valence-corrected chi connectivity index (χ1v) is 27.3. The van der Waals surface area contributed by atoms with E-state index >= 15 is 0 Å². The van der Waals surface area contributed by atoms with Crippen molar-refractivity contribution in [2.45, 2.75) is 145 Å². The molecule has 1 saturated carbocycles. The van der Waals surface area contributed by atoms with Crippen molar-refractivity contribution in [1.29, 1.82) is 0 Å². The lowest BCUT2D eigenvalue weighted by Crippen LogP contribution is -2.51. The summed E-state index contributed by atoms with van der Waals surface area (Å²) in [6.07, 6.45) is 21.6. The smallest absolute Gasteiger partial charge is 0.161 e. The molecule has 11 heteroatoms. The Kier molecular flexibility index (Phi) is 14.7. The summed E-state index contributed by atoms with van der Waals surface area (Å²) < 4.78 is 22.1. The largest absolute Gasteiger partial charge is 0.508 e. The molecule has 3 aliphatic heterocycles. The van der Waals surface area contributed by atoms with Gasteiger partial charge >= 0.3 is 0 Å². The number of aromatic hydroxyl groups is 3. The highest BCUT2D eigenvalue weighted by Crippen LogP contribution is 2.60. The van der Waals surface area contributed by atoms with Crippen LogP contribution in [0.1, 0.15) is 134 Å². The van der Waals surface area contributed by atoms with Crippen molar-refractivity contribution in [2.75, 3.05) is 19.8 Å². The molecule has 4 heterocycles. The summed E-state index contributed by atoms with van der Waals surface area (Å²) in [5.74, 6) is 1.95. The number of dihydropyridines is 1. The number of fused-ring (bicyclic) bond motifs is 8. The molecule has 5 atom stereocenters. The van der Waals surface area contributed by atoms with Gasteiger partial charge in [-0.25, -0.2) is 0 Å². The average molecular weight is 1000 g/mol. The number of rotatable bonds is 11. The van der Waals surface area contributed by atoms with Crippen molar-refractivity contribution in [3.05, 3.63) is 171 Å². The van der Waals surface area contributed by atoms with Gasteiger partial charge in [-0.3, -0.25) is 0 Å². The zero-order valence-electron chi connectivity index (χ0n) is 42.6. The molecule has 4 bridgehead atoms. The Morgan fingerprint density at radius 1 is 0.784 bits per heavy atom. The lowest BCUT2D eigenvalue weighted by molar-refractivity contribution is -0.00873. The third-order valence-electron chi connectivity index (χ3n) is 17.3. The zero-order valence-corrected chi connectivity index (χ0v) is 42.6. The average Bonchev–Trinajstić information content (AvgIpc) is 4.07. The summed E-state index contributed by atoms with van der Waals surface area (Å²) in [7, 11) is 0. The van der Waals surface area contributed by atoms with Crippen molar-refractivity contribution >= 4 is 16.6 Å². The maximum atomic E-state index is 11.7. The van der Waals surface area contributed by atoms with Gasteiger partial charge in [0.2, 0.25) is 0 Å². The van der Waals surface area contributed by atoms with E-state index in [1.165, 1.54) is 47.9 Å². The van der Waals surface area contributed by atoms with Gasteiger partial charge in [0, 0.05) is 47.2 Å². The fourth-order valence-corrected chi connectivity index (χ4v) is 13.6. The molecule has 388 valence electrons. The van der Waals surface area contributed by atoms with Crippen LogP contribution in [-0.2, 0) is 52.8 Å². The van der Waals surface area contributed by atoms with Gasteiger partial charge in [0.15, 0.2) is 11.5 Å². The summed E-state index contributed by atoms with van der Waals surface area (Å²) >= 11 is 0. The summed E-state index contributed by atoms with van der Waals surface area (Å²) in [6.45, 7) is 1.69. The number of hydrogen-bond acceptors (Lipinski definition) is 10. The normalized spacial score (nSPS) is 23.7. The Bertz CT molecular complexity index is 3040. The minimum Gasteiger partial charge on any atom is -0.508 e. The number of aliphatic hydroxyl groups excluding tert-OH is 2. The van der Waals surface area contributed by atoms with Gasteiger partial charge in [-0.05, 0) is 168 Å². The quantitative estimate of drug-likeness (QED) is 0.0620. The van der Waals surface area contributed by atoms with E-state index in [0.717, 1.165) is 102 Å². The van der Waals surface area contributed by atoms with E-state index in [0.29, 0.717) is 56.1 Å². The van der Waals surface area contributed by atoms with E-state index in [-0.39, 0.29) is 47.4 Å². The molecule has 74 heavy (non-hydrogen) atoms. The lowest BCUT2D eigenvalue weighted by atomic mass is 9.51. The number of nitrogens with zero attached hydrogens (tertiary/aromatic N) is 1. The number of nitrogens with one attached hydrogen (secondary N) is 1. The molecule has 0 amide bonds. The van der Waals surface area contributed by atoms with E-state index in [9.17, 15) is 25.5 Å². The molecular weight excluding hydrogens is 927 g/mol. The SMILES string of the molecule is NC1C=CC2=C(N1)n1cc3cc([C@@]45CCOC[C@@H]4CC4(CCCC4)c4ccccc45)cc(c3c1)COc1cc(c(CO)cc1O)CC[C@@H](O)C[C@H](CCCCCCc1ccc(O)c(Cc3cccc(O)c3)c1)OC2. The molecule has 6 aromatic rings. The molecule has 11 nitrogen and oxygen atoms in total. The first-order valence-electron chi connectivity index (χ1n) is 27.3. The fraction of sp³-hybridized carbons (Fsp3) is 0.429. The van der Waals surface area contributed by atoms with Gasteiger partial charge in [-0.15, -0.1) is 0 Å². The van der Waals surface area contributed by atoms with Crippen molar-refractivity contribution in [1.82, 2.24) is 9.88 Å². The van der Waals surface area contributed by atoms with Crippen molar-refractivity contribution in [3.63, 3.8) is 0 Å². The summed E-state index contributed by atoms with van der Waals surface area (Å²) in [6, 6.07) is 30.5. The number of phenolic OH excluding ortho intramolecular Hbond substituents is 3. The van der Waals surface area contributed by atoms with Crippen LogP contribution in [0.3, 0.4) is 0 Å². The number of aromatic nitrogens is 1. The first kappa shape index (κ1) is 50.1.